The highest BCUT2D eigenvalue weighted by Crippen LogP contribution is 2.30. The lowest BCUT2D eigenvalue weighted by Gasteiger charge is -2.35. The standard InChI is InChI=1S/C14H27N3O/c1-4-9-16-14(18)11(3)17(5-2)13-8-6-7-12(13)10-15/h4,11-13H,1,5-10,15H2,2-3H3,(H,16,18). The molecule has 3 unspecified atom stereocenters. The summed E-state index contributed by atoms with van der Waals surface area (Å²) in [5.41, 5.74) is 5.83. The summed E-state index contributed by atoms with van der Waals surface area (Å²) in [5.74, 6) is 0.624. The van der Waals surface area contributed by atoms with E-state index >= 15 is 0 Å². The minimum absolute atomic E-state index is 0.0828. The quantitative estimate of drug-likeness (QED) is 0.669. The molecule has 0 bridgehead atoms. The lowest BCUT2D eigenvalue weighted by molar-refractivity contribution is -0.126. The fourth-order valence-corrected chi connectivity index (χ4v) is 3.00. The van der Waals surface area contributed by atoms with Gasteiger partial charge in [0.2, 0.25) is 5.91 Å². The molecule has 4 nitrogen and oxygen atoms in total. The summed E-state index contributed by atoms with van der Waals surface area (Å²) in [6.07, 6.45) is 5.29. The molecule has 4 heteroatoms. The molecule has 1 saturated carbocycles. The Balaban J connectivity index is 2.63. The van der Waals surface area contributed by atoms with Crippen LogP contribution < -0.4 is 11.1 Å². The molecule has 1 fully saturated rings. The molecule has 3 atom stereocenters. The van der Waals surface area contributed by atoms with E-state index in [-0.39, 0.29) is 11.9 Å². The number of amides is 1. The van der Waals surface area contributed by atoms with Gasteiger partial charge in [0.15, 0.2) is 0 Å². The SMILES string of the molecule is C=CCNC(=O)C(C)N(CC)C1CCCC1CN. The fraction of sp³-hybridized carbons (Fsp3) is 0.786. The third-order valence-corrected chi connectivity index (χ3v) is 4.01. The highest BCUT2D eigenvalue weighted by atomic mass is 16.2. The molecule has 18 heavy (non-hydrogen) atoms. The Kier molecular flexibility index (Phi) is 6.36. The molecule has 3 N–H and O–H groups in total. The van der Waals surface area contributed by atoms with Gasteiger partial charge in [0.05, 0.1) is 6.04 Å². The Morgan fingerprint density at radius 3 is 2.89 bits per heavy atom. The number of hydrogen-bond acceptors (Lipinski definition) is 3. The van der Waals surface area contributed by atoms with Gasteiger partial charge in [-0.05, 0) is 38.8 Å². The van der Waals surface area contributed by atoms with Crippen molar-refractivity contribution < 1.29 is 4.79 Å². The van der Waals surface area contributed by atoms with Gasteiger partial charge in [-0.25, -0.2) is 0 Å². The molecule has 0 heterocycles. The first-order valence-corrected chi connectivity index (χ1v) is 7.00. The molecule has 1 aliphatic rings. The van der Waals surface area contributed by atoms with Crippen LogP contribution in [0, 0.1) is 5.92 Å². The third kappa shape index (κ3) is 3.56. The molecule has 0 aromatic heterocycles. The van der Waals surface area contributed by atoms with Crippen molar-refractivity contribution >= 4 is 5.91 Å². The summed E-state index contributed by atoms with van der Waals surface area (Å²) >= 11 is 0. The Morgan fingerprint density at radius 2 is 2.33 bits per heavy atom. The van der Waals surface area contributed by atoms with Gasteiger partial charge in [0.1, 0.15) is 0 Å². The number of rotatable bonds is 7. The second kappa shape index (κ2) is 7.54. The zero-order valence-corrected chi connectivity index (χ0v) is 11.7. The minimum atomic E-state index is -0.0906. The smallest absolute Gasteiger partial charge is 0.237 e. The van der Waals surface area contributed by atoms with E-state index < -0.39 is 0 Å². The molecule has 0 aromatic rings. The predicted octanol–water partition coefficient (Wildman–Crippen LogP) is 1.13. The van der Waals surface area contributed by atoms with Crippen LogP contribution in [-0.4, -0.2) is 42.5 Å². The summed E-state index contributed by atoms with van der Waals surface area (Å²) in [5, 5.41) is 2.87. The van der Waals surface area contributed by atoms with Gasteiger partial charge in [0, 0.05) is 12.6 Å². The summed E-state index contributed by atoms with van der Waals surface area (Å²) in [7, 11) is 0. The van der Waals surface area contributed by atoms with Crippen molar-refractivity contribution in [3.05, 3.63) is 12.7 Å². The van der Waals surface area contributed by atoms with Gasteiger partial charge < -0.3 is 11.1 Å². The van der Waals surface area contributed by atoms with Crippen LogP contribution in [0.3, 0.4) is 0 Å². The first-order valence-electron chi connectivity index (χ1n) is 7.00. The molecule has 1 aliphatic carbocycles. The van der Waals surface area contributed by atoms with Gasteiger partial charge in [-0.1, -0.05) is 19.4 Å². The molecule has 1 amide bonds. The van der Waals surface area contributed by atoms with E-state index in [0.717, 1.165) is 19.5 Å². The largest absolute Gasteiger partial charge is 0.351 e. The lowest BCUT2D eigenvalue weighted by atomic mass is 10.0. The number of carbonyl (C=O) groups is 1. The summed E-state index contributed by atoms with van der Waals surface area (Å²) in [4.78, 5) is 14.3. The molecule has 0 radical (unpaired) electrons. The number of carbonyl (C=O) groups excluding carboxylic acids is 1. The molecular weight excluding hydrogens is 226 g/mol. The van der Waals surface area contributed by atoms with Crippen LogP contribution in [0.2, 0.25) is 0 Å². The van der Waals surface area contributed by atoms with Crippen LogP contribution in [0.4, 0.5) is 0 Å². The molecule has 0 saturated heterocycles. The van der Waals surface area contributed by atoms with E-state index in [9.17, 15) is 4.79 Å². The van der Waals surface area contributed by atoms with Crippen molar-refractivity contribution in [3.63, 3.8) is 0 Å². The van der Waals surface area contributed by atoms with Crippen molar-refractivity contribution in [3.8, 4) is 0 Å². The van der Waals surface area contributed by atoms with Crippen molar-refractivity contribution in [2.24, 2.45) is 11.7 Å². The van der Waals surface area contributed by atoms with Crippen LogP contribution in [0.5, 0.6) is 0 Å². The van der Waals surface area contributed by atoms with E-state index in [0.29, 0.717) is 18.5 Å². The zero-order valence-electron chi connectivity index (χ0n) is 11.7. The number of nitrogens with zero attached hydrogens (tertiary/aromatic N) is 1. The molecular formula is C14H27N3O. The maximum absolute atomic E-state index is 12.0. The molecule has 0 aliphatic heterocycles. The number of hydrogen-bond donors (Lipinski definition) is 2. The summed E-state index contributed by atoms with van der Waals surface area (Å²) in [6, 6.07) is 0.372. The van der Waals surface area contributed by atoms with Crippen molar-refractivity contribution in [2.45, 2.75) is 45.2 Å². The Morgan fingerprint density at radius 1 is 1.61 bits per heavy atom. The van der Waals surface area contributed by atoms with E-state index in [1.165, 1.54) is 12.8 Å². The molecule has 0 aromatic carbocycles. The average Bonchev–Trinajstić information content (AvgIpc) is 2.84. The monoisotopic (exact) mass is 253 g/mol. The Labute approximate surface area is 111 Å². The lowest BCUT2D eigenvalue weighted by Crippen LogP contribution is -2.51. The second-order valence-electron chi connectivity index (χ2n) is 5.03. The molecule has 0 spiro atoms. The van der Waals surface area contributed by atoms with E-state index in [4.69, 9.17) is 5.73 Å². The minimum Gasteiger partial charge on any atom is -0.351 e. The zero-order chi connectivity index (χ0) is 13.5. The highest BCUT2D eigenvalue weighted by Gasteiger charge is 2.34. The number of nitrogens with one attached hydrogen (secondary N) is 1. The molecule has 104 valence electrons. The fourth-order valence-electron chi connectivity index (χ4n) is 3.00. The highest BCUT2D eigenvalue weighted by molar-refractivity contribution is 5.81. The first kappa shape index (κ1) is 15.2. The van der Waals surface area contributed by atoms with Crippen LogP contribution >= 0.6 is 0 Å². The Hall–Kier alpha value is -0.870. The van der Waals surface area contributed by atoms with Crippen molar-refractivity contribution in [1.29, 1.82) is 0 Å². The van der Waals surface area contributed by atoms with E-state index in [1.54, 1.807) is 6.08 Å². The maximum Gasteiger partial charge on any atom is 0.237 e. The van der Waals surface area contributed by atoms with E-state index in [1.807, 2.05) is 6.92 Å². The van der Waals surface area contributed by atoms with Crippen molar-refractivity contribution in [2.75, 3.05) is 19.6 Å². The predicted molar refractivity (Wildman–Crippen MR) is 75.2 cm³/mol. The molecule has 1 rings (SSSR count). The average molecular weight is 253 g/mol. The number of nitrogens with two attached hydrogens (primary N) is 1. The van der Waals surface area contributed by atoms with Crippen molar-refractivity contribution in [1.82, 2.24) is 10.2 Å². The van der Waals surface area contributed by atoms with Gasteiger partial charge in [-0.2, -0.15) is 0 Å². The first-order chi connectivity index (χ1) is 8.65. The number of likely N-dealkylation sites (N-methyl/N-ethyl adjacent to an activating group) is 1. The van der Waals surface area contributed by atoms with Crippen LogP contribution in [0.15, 0.2) is 12.7 Å². The van der Waals surface area contributed by atoms with Crippen LogP contribution in [0.25, 0.3) is 0 Å². The maximum atomic E-state index is 12.0. The summed E-state index contributed by atoms with van der Waals surface area (Å²) < 4.78 is 0. The van der Waals surface area contributed by atoms with Crippen LogP contribution in [0.1, 0.15) is 33.1 Å². The third-order valence-electron chi connectivity index (χ3n) is 4.01. The van der Waals surface area contributed by atoms with Gasteiger partial charge in [-0.15, -0.1) is 6.58 Å². The normalized spacial score (nSPS) is 25.1. The van der Waals surface area contributed by atoms with Gasteiger partial charge in [0.25, 0.3) is 0 Å². The van der Waals surface area contributed by atoms with Gasteiger partial charge >= 0.3 is 0 Å². The summed E-state index contributed by atoms with van der Waals surface area (Å²) in [6.45, 7) is 9.86. The topological polar surface area (TPSA) is 58.4 Å². The Bertz CT molecular complexity index is 280. The van der Waals surface area contributed by atoms with E-state index in [2.05, 4.69) is 23.7 Å². The van der Waals surface area contributed by atoms with Crippen LogP contribution in [-0.2, 0) is 4.79 Å². The second-order valence-corrected chi connectivity index (χ2v) is 5.03. The van der Waals surface area contributed by atoms with Gasteiger partial charge in [-0.3, -0.25) is 9.69 Å².